The number of nitrogens with zero attached hydrogens (tertiary/aromatic N) is 4. The van der Waals surface area contributed by atoms with Crippen molar-refractivity contribution in [1.29, 1.82) is 0 Å². The normalized spacial score (nSPS) is 14.4. The lowest BCUT2D eigenvalue weighted by atomic mass is 10.1. The Morgan fingerprint density at radius 3 is 2.24 bits per heavy atom. The Morgan fingerprint density at radius 1 is 1.08 bits per heavy atom. The summed E-state index contributed by atoms with van der Waals surface area (Å²) in [5.41, 5.74) is 13.7. The molecule has 25 heavy (non-hydrogen) atoms. The summed E-state index contributed by atoms with van der Waals surface area (Å²) in [6, 6.07) is 6.90. The summed E-state index contributed by atoms with van der Waals surface area (Å²) in [7, 11) is 1.77. The summed E-state index contributed by atoms with van der Waals surface area (Å²) in [5.74, 6) is 0.193. The van der Waals surface area contributed by atoms with Gasteiger partial charge < -0.3 is 31.7 Å². The maximum Gasteiger partial charge on any atom is 0.335 e. The van der Waals surface area contributed by atoms with Crippen LogP contribution in [0.2, 0.25) is 0 Å². The van der Waals surface area contributed by atoms with Crippen LogP contribution in [0.5, 0.6) is 0 Å². The van der Waals surface area contributed by atoms with Crippen LogP contribution in [-0.2, 0) is 0 Å². The first-order valence-corrected chi connectivity index (χ1v) is 7.93. The molecule has 0 radical (unpaired) electrons. The van der Waals surface area contributed by atoms with E-state index in [1.807, 2.05) is 12.1 Å². The number of anilines is 5. The molecule has 0 atom stereocenters. The van der Waals surface area contributed by atoms with Crippen molar-refractivity contribution in [1.82, 2.24) is 9.97 Å². The number of nitrogens with two attached hydrogens (primary N) is 2. The highest BCUT2D eigenvalue weighted by atomic mass is 16.4. The Bertz CT molecular complexity index is 771. The van der Waals surface area contributed by atoms with Crippen LogP contribution in [0.15, 0.2) is 24.3 Å². The fraction of sp³-hybridized carbons (Fsp3) is 0.312. The van der Waals surface area contributed by atoms with Crippen LogP contribution in [0.25, 0.3) is 0 Å². The van der Waals surface area contributed by atoms with Crippen molar-refractivity contribution in [2.45, 2.75) is 0 Å². The molecule has 1 aromatic carbocycles. The monoisotopic (exact) mass is 343 g/mol. The minimum atomic E-state index is -0.921. The molecule has 0 saturated carbocycles. The highest BCUT2D eigenvalue weighted by Crippen LogP contribution is 2.31. The number of carbonyl (C=O) groups is 1. The summed E-state index contributed by atoms with van der Waals surface area (Å²) in [5, 5.41) is 12.0. The van der Waals surface area contributed by atoms with Crippen molar-refractivity contribution in [2.75, 3.05) is 59.8 Å². The van der Waals surface area contributed by atoms with Crippen molar-refractivity contribution >= 4 is 34.9 Å². The molecule has 1 aliphatic heterocycles. The van der Waals surface area contributed by atoms with Gasteiger partial charge in [0, 0.05) is 38.9 Å². The zero-order valence-corrected chi connectivity index (χ0v) is 13.9. The summed E-state index contributed by atoms with van der Waals surface area (Å²) in [6.07, 6.45) is 0. The maximum atomic E-state index is 10.9. The van der Waals surface area contributed by atoms with E-state index in [1.54, 1.807) is 19.2 Å². The Hall–Kier alpha value is -3.23. The van der Waals surface area contributed by atoms with Crippen LogP contribution >= 0.6 is 0 Å². The number of hydrogen-bond donors (Lipinski definition) is 4. The van der Waals surface area contributed by atoms with Gasteiger partial charge in [-0.15, -0.1) is 0 Å². The lowest BCUT2D eigenvalue weighted by molar-refractivity contribution is 0.0697. The highest BCUT2D eigenvalue weighted by Gasteiger charge is 2.23. The minimum Gasteiger partial charge on any atom is -0.478 e. The fourth-order valence-corrected chi connectivity index (χ4v) is 2.98. The molecule has 2 heterocycles. The largest absolute Gasteiger partial charge is 0.478 e. The molecule has 0 amide bonds. The Kier molecular flexibility index (Phi) is 4.46. The Balaban J connectivity index is 1.73. The minimum absolute atomic E-state index is 0.141. The molecule has 0 unspecified atom stereocenters. The molecule has 1 aliphatic rings. The molecule has 1 saturated heterocycles. The van der Waals surface area contributed by atoms with Crippen LogP contribution in [-0.4, -0.2) is 54.3 Å². The molecule has 132 valence electrons. The quantitative estimate of drug-likeness (QED) is 0.633. The zero-order valence-electron chi connectivity index (χ0n) is 13.9. The predicted octanol–water partition coefficient (Wildman–Crippen LogP) is 0.708. The molecule has 1 aromatic heterocycles. The third-order valence-electron chi connectivity index (χ3n) is 4.24. The molecule has 6 N–H and O–H groups in total. The van der Waals surface area contributed by atoms with Gasteiger partial charge in [0.15, 0.2) is 11.6 Å². The molecular weight excluding hydrogens is 322 g/mol. The summed E-state index contributed by atoms with van der Waals surface area (Å²) >= 11 is 0. The van der Waals surface area contributed by atoms with Crippen LogP contribution in [0.3, 0.4) is 0 Å². The third-order valence-corrected chi connectivity index (χ3v) is 4.24. The molecule has 9 nitrogen and oxygen atoms in total. The van der Waals surface area contributed by atoms with E-state index in [0.717, 1.165) is 37.6 Å². The first-order chi connectivity index (χ1) is 12.0. The second-order valence-corrected chi connectivity index (χ2v) is 5.74. The first-order valence-electron chi connectivity index (χ1n) is 7.93. The molecule has 2 aromatic rings. The molecule has 0 spiro atoms. The molecule has 0 bridgehead atoms. The number of benzene rings is 1. The molecular formula is C16H21N7O2. The lowest BCUT2D eigenvalue weighted by Gasteiger charge is -2.38. The van der Waals surface area contributed by atoms with Gasteiger partial charge in [-0.25, -0.2) is 4.79 Å². The van der Waals surface area contributed by atoms with Gasteiger partial charge in [0.05, 0.1) is 5.56 Å². The van der Waals surface area contributed by atoms with Gasteiger partial charge in [0.1, 0.15) is 5.69 Å². The number of carboxylic acids is 1. The van der Waals surface area contributed by atoms with Gasteiger partial charge in [-0.3, -0.25) is 0 Å². The van der Waals surface area contributed by atoms with Crippen molar-refractivity contribution in [2.24, 2.45) is 0 Å². The van der Waals surface area contributed by atoms with Crippen LogP contribution in [0.4, 0.5) is 29.0 Å². The van der Waals surface area contributed by atoms with Crippen molar-refractivity contribution in [3.63, 3.8) is 0 Å². The van der Waals surface area contributed by atoms with E-state index in [4.69, 9.17) is 16.6 Å². The van der Waals surface area contributed by atoms with Crippen molar-refractivity contribution in [3.05, 3.63) is 29.8 Å². The van der Waals surface area contributed by atoms with E-state index in [1.165, 1.54) is 0 Å². The fourth-order valence-electron chi connectivity index (χ4n) is 2.98. The van der Waals surface area contributed by atoms with E-state index >= 15 is 0 Å². The summed E-state index contributed by atoms with van der Waals surface area (Å²) in [6.45, 7) is 3.04. The topological polar surface area (TPSA) is 134 Å². The number of carboxylic acid groups (broad SMARTS) is 1. The zero-order chi connectivity index (χ0) is 18.0. The van der Waals surface area contributed by atoms with Crippen molar-refractivity contribution < 1.29 is 9.90 Å². The smallest absolute Gasteiger partial charge is 0.335 e. The summed E-state index contributed by atoms with van der Waals surface area (Å²) < 4.78 is 0. The van der Waals surface area contributed by atoms with E-state index in [0.29, 0.717) is 11.6 Å². The van der Waals surface area contributed by atoms with Gasteiger partial charge in [0.25, 0.3) is 0 Å². The average molecular weight is 343 g/mol. The number of hydrogen-bond acceptors (Lipinski definition) is 8. The number of piperazine rings is 1. The lowest BCUT2D eigenvalue weighted by Crippen LogP contribution is -2.47. The predicted molar refractivity (Wildman–Crippen MR) is 98.2 cm³/mol. The second kappa shape index (κ2) is 6.71. The van der Waals surface area contributed by atoms with Gasteiger partial charge >= 0.3 is 5.97 Å². The van der Waals surface area contributed by atoms with Crippen molar-refractivity contribution in [3.8, 4) is 0 Å². The number of nitrogens with one attached hydrogen (secondary N) is 1. The SMILES string of the molecule is CNc1nc(N)nc(N)c1N1CCN(c2ccc(C(=O)O)cc2)CC1. The third kappa shape index (κ3) is 3.35. The Morgan fingerprint density at radius 2 is 1.68 bits per heavy atom. The molecule has 1 fully saturated rings. The van der Waals surface area contributed by atoms with E-state index < -0.39 is 5.97 Å². The van der Waals surface area contributed by atoms with Crippen LogP contribution < -0.4 is 26.6 Å². The average Bonchev–Trinajstić information content (AvgIpc) is 2.61. The highest BCUT2D eigenvalue weighted by molar-refractivity contribution is 5.88. The van der Waals surface area contributed by atoms with Gasteiger partial charge in [-0.05, 0) is 24.3 Å². The van der Waals surface area contributed by atoms with Gasteiger partial charge in [-0.2, -0.15) is 9.97 Å². The number of nitrogen functional groups attached to an aromatic ring is 2. The second-order valence-electron chi connectivity index (χ2n) is 5.74. The number of rotatable bonds is 4. The van der Waals surface area contributed by atoms with Crippen LogP contribution in [0, 0.1) is 0 Å². The molecule has 3 rings (SSSR count). The van der Waals surface area contributed by atoms with Gasteiger partial charge in [0.2, 0.25) is 5.95 Å². The van der Waals surface area contributed by atoms with Crippen LogP contribution in [0.1, 0.15) is 10.4 Å². The van der Waals surface area contributed by atoms with Gasteiger partial charge in [-0.1, -0.05) is 0 Å². The summed E-state index contributed by atoms with van der Waals surface area (Å²) in [4.78, 5) is 23.5. The Labute approximate surface area is 145 Å². The number of aromatic carboxylic acids is 1. The number of aromatic nitrogens is 2. The maximum absolute atomic E-state index is 10.9. The molecule has 0 aliphatic carbocycles. The van der Waals surface area contributed by atoms with E-state index in [-0.39, 0.29) is 11.5 Å². The van der Waals surface area contributed by atoms with E-state index in [9.17, 15) is 4.79 Å². The van der Waals surface area contributed by atoms with E-state index in [2.05, 4.69) is 25.1 Å². The standard InChI is InChI=1S/C16H21N7O2/c1-19-14-12(13(17)20-16(18)21-14)23-8-6-22(7-9-23)11-4-2-10(3-5-11)15(24)25/h2-5H,6-9H2,1H3,(H,24,25)(H5,17,18,19,20,21). The molecule has 9 heteroatoms. The first kappa shape index (κ1) is 16.6.